The Morgan fingerprint density at radius 2 is 2.05 bits per heavy atom. The second-order valence-corrected chi connectivity index (χ2v) is 6.19. The third-order valence-corrected chi connectivity index (χ3v) is 4.62. The minimum atomic E-state index is 0.169. The van der Waals surface area contributed by atoms with Crippen LogP contribution in [-0.4, -0.2) is 52.9 Å². The summed E-state index contributed by atoms with van der Waals surface area (Å²) < 4.78 is 0. The molecule has 2 fully saturated rings. The van der Waals surface area contributed by atoms with Gasteiger partial charge in [0, 0.05) is 50.9 Å². The molecule has 0 bridgehead atoms. The predicted molar refractivity (Wildman–Crippen MR) is 81.4 cm³/mol. The SMILES string of the molecule is N[C@@H]1CC[C@@H](C(=O)N2CCN(Cc3ccccn3)CC2)C1. The van der Waals surface area contributed by atoms with E-state index in [9.17, 15) is 4.79 Å². The summed E-state index contributed by atoms with van der Waals surface area (Å²) in [4.78, 5) is 21.2. The van der Waals surface area contributed by atoms with Crippen LogP contribution in [0.15, 0.2) is 24.4 Å². The molecule has 2 atom stereocenters. The molecule has 5 nitrogen and oxygen atoms in total. The summed E-state index contributed by atoms with van der Waals surface area (Å²) in [5.41, 5.74) is 7.01. The number of rotatable bonds is 3. The average Bonchev–Trinajstić information content (AvgIpc) is 2.95. The highest BCUT2D eigenvalue weighted by molar-refractivity contribution is 5.79. The first-order valence-corrected chi connectivity index (χ1v) is 7.89. The molecule has 0 radical (unpaired) electrons. The van der Waals surface area contributed by atoms with E-state index in [-0.39, 0.29) is 12.0 Å². The highest BCUT2D eigenvalue weighted by atomic mass is 16.2. The van der Waals surface area contributed by atoms with Crippen LogP contribution < -0.4 is 5.73 Å². The maximum atomic E-state index is 12.5. The molecule has 21 heavy (non-hydrogen) atoms. The number of nitrogens with zero attached hydrogens (tertiary/aromatic N) is 3. The Bertz CT molecular complexity index is 470. The summed E-state index contributed by atoms with van der Waals surface area (Å²) in [6, 6.07) is 6.24. The minimum Gasteiger partial charge on any atom is -0.340 e. The maximum Gasteiger partial charge on any atom is 0.225 e. The van der Waals surface area contributed by atoms with Gasteiger partial charge in [-0.3, -0.25) is 14.7 Å². The molecule has 2 aliphatic rings. The second-order valence-electron chi connectivity index (χ2n) is 6.19. The lowest BCUT2D eigenvalue weighted by Gasteiger charge is -2.35. The number of piperazine rings is 1. The van der Waals surface area contributed by atoms with Gasteiger partial charge in [0.1, 0.15) is 0 Å². The van der Waals surface area contributed by atoms with E-state index in [2.05, 4.69) is 16.0 Å². The van der Waals surface area contributed by atoms with Gasteiger partial charge in [-0.05, 0) is 31.4 Å². The van der Waals surface area contributed by atoms with Crippen LogP contribution in [0.5, 0.6) is 0 Å². The van der Waals surface area contributed by atoms with Crippen LogP contribution in [0.1, 0.15) is 25.0 Å². The maximum absolute atomic E-state index is 12.5. The van der Waals surface area contributed by atoms with Crippen molar-refractivity contribution in [2.45, 2.75) is 31.8 Å². The van der Waals surface area contributed by atoms with Crippen LogP contribution in [0.4, 0.5) is 0 Å². The van der Waals surface area contributed by atoms with E-state index in [1.165, 1.54) is 0 Å². The summed E-state index contributed by atoms with van der Waals surface area (Å²) in [5.74, 6) is 0.489. The quantitative estimate of drug-likeness (QED) is 0.896. The molecule has 0 spiro atoms. The van der Waals surface area contributed by atoms with E-state index in [4.69, 9.17) is 5.73 Å². The topological polar surface area (TPSA) is 62.5 Å². The monoisotopic (exact) mass is 288 g/mol. The molecule has 0 aromatic carbocycles. The Morgan fingerprint density at radius 3 is 2.67 bits per heavy atom. The van der Waals surface area contributed by atoms with E-state index in [1.54, 1.807) is 0 Å². The average molecular weight is 288 g/mol. The highest BCUT2D eigenvalue weighted by Crippen LogP contribution is 2.26. The lowest BCUT2D eigenvalue weighted by molar-refractivity contribution is -0.137. The molecule has 0 unspecified atom stereocenters. The Hall–Kier alpha value is -1.46. The summed E-state index contributed by atoms with van der Waals surface area (Å²) in [7, 11) is 0. The molecule has 1 aromatic heterocycles. The van der Waals surface area contributed by atoms with E-state index in [1.807, 2.05) is 23.2 Å². The molecular formula is C16H24N4O. The number of carbonyl (C=O) groups is 1. The fourth-order valence-corrected chi connectivity index (χ4v) is 3.35. The third-order valence-electron chi connectivity index (χ3n) is 4.62. The van der Waals surface area contributed by atoms with Gasteiger partial charge in [-0.25, -0.2) is 0 Å². The van der Waals surface area contributed by atoms with Crippen molar-refractivity contribution in [2.75, 3.05) is 26.2 Å². The van der Waals surface area contributed by atoms with Crippen molar-refractivity contribution in [3.05, 3.63) is 30.1 Å². The van der Waals surface area contributed by atoms with Gasteiger partial charge in [0.2, 0.25) is 5.91 Å². The molecule has 1 aromatic rings. The van der Waals surface area contributed by atoms with Crippen LogP contribution in [-0.2, 0) is 11.3 Å². The fraction of sp³-hybridized carbons (Fsp3) is 0.625. The lowest BCUT2D eigenvalue weighted by Crippen LogP contribution is -2.49. The molecule has 2 heterocycles. The van der Waals surface area contributed by atoms with Gasteiger partial charge in [-0.1, -0.05) is 6.07 Å². The van der Waals surface area contributed by atoms with E-state index in [0.717, 1.165) is 57.7 Å². The number of nitrogens with two attached hydrogens (primary N) is 1. The number of pyridine rings is 1. The normalized spacial score (nSPS) is 27.0. The fourth-order valence-electron chi connectivity index (χ4n) is 3.35. The predicted octanol–water partition coefficient (Wildman–Crippen LogP) is 0.853. The number of hydrogen-bond donors (Lipinski definition) is 1. The summed E-state index contributed by atoms with van der Waals surface area (Å²) >= 11 is 0. The first-order chi connectivity index (χ1) is 10.2. The minimum absolute atomic E-state index is 0.169. The van der Waals surface area contributed by atoms with Gasteiger partial charge in [0.25, 0.3) is 0 Å². The largest absolute Gasteiger partial charge is 0.340 e. The van der Waals surface area contributed by atoms with Crippen molar-refractivity contribution in [2.24, 2.45) is 11.7 Å². The first-order valence-electron chi connectivity index (χ1n) is 7.89. The molecule has 1 aliphatic heterocycles. The molecule has 1 amide bonds. The summed E-state index contributed by atoms with van der Waals surface area (Å²) in [6.07, 6.45) is 4.66. The Morgan fingerprint density at radius 1 is 1.24 bits per heavy atom. The van der Waals surface area contributed by atoms with Crippen molar-refractivity contribution in [3.8, 4) is 0 Å². The van der Waals surface area contributed by atoms with E-state index in [0.29, 0.717) is 5.91 Å². The molecule has 114 valence electrons. The number of hydrogen-bond acceptors (Lipinski definition) is 4. The zero-order valence-electron chi connectivity index (χ0n) is 12.4. The van der Waals surface area contributed by atoms with Gasteiger partial charge >= 0.3 is 0 Å². The van der Waals surface area contributed by atoms with Crippen LogP contribution in [0.25, 0.3) is 0 Å². The van der Waals surface area contributed by atoms with Gasteiger partial charge in [-0.15, -0.1) is 0 Å². The molecule has 2 N–H and O–H groups in total. The van der Waals surface area contributed by atoms with Gasteiger partial charge in [-0.2, -0.15) is 0 Å². The number of aromatic nitrogens is 1. The van der Waals surface area contributed by atoms with Gasteiger partial charge in [0.15, 0.2) is 0 Å². The van der Waals surface area contributed by atoms with Crippen molar-refractivity contribution >= 4 is 5.91 Å². The van der Waals surface area contributed by atoms with Crippen molar-refractivity contribution in [3.63, 3.8) is 0 Å². The zero-order chi connectivity index (χ0) is 14.7. The molecule has 3 rings (SSSR count). The van der Waals surface area contributed by atoms with Gasteiger partial charge in [0.05, 0.1) is 5.69 Å². The third kappa shape index (κ3) is 3.60. The first kappa shape index (κ1) is 14.5. The number of amides is 1. The van der Waals surface area contributed by atoms with E-state index < -0.39 is 0 Å². The highest BCUT2D eigenvalue weighted by Gasteiger charge is 2.32. The Labute approximate surface area is 126 Å². The lowest BCUT2D eigenvalue weighted by atomic mass is 10.1. The molecule has 5 heteroatoms. The van der Waals surface area contributed by atoms with Crippen molar-refractivity contribution in [1.82, 2.24) is 14.8 Å². The molecule has 1 saturated heterocycles. The zero-order valence-corrected chi connectivity index (χ0v) is 12.4. The smallest absolute Gasteiger partial charge is 0.225 e. The van der Waals surface area contributed by atoms with Crippen LogP contribution in [0.3, 0.4) is 0 Å². The van der Waals surface area contributed by atoms with Crippen LogP contribution in [0.2, 0.25) is 0 Å². The standard InChI is InChI=1S/C16H24N4O/c17-14-5-4-13(11-14)16(21)20-9-7-19(8-10-20)12-15-3-1-2-6-18-15/h1-3,6,13-14H,4-5,7-12,17H2/t13-,14-/m1/s1. The molecule has 1 aliphatic carbocycles. The van der Waals surface area contributed by atoms with Crippen molar-refractivity contribution < 1.29 is 4.79 Å². The van der Waals surface area contributed by atoms with Gasteiger partial charge < -0.3 is 10.6 Å². The Kier molecular flexibility index (Phi) is 4.51. The Balaban J connectivity index is 1.47. The molecule has 1 saturated carbocycles. The van der Waals surface area contributed by atoms with Crippen molar-refractivity contribution in [1.29, 1.82) is 0 Å². The van der Waals surface area contributed by atoms with Crippen LogP contribution >= 0.6 is 0 Å². The second kappa shape index (κ2) is 6.54. The number of carbonyl (C=O) groups excluding carboxylic acids is 1. The van der Waals surface area contributed by atoms with E-state index >= 15 is 0 Å². The van der Waals surface area contributed by atoms with Crippen LogP contribution in [0, 0.1) is 5.92 Å². The summed E-state index contributed by atoms with van der Waals surface area (Å²) in [5, 5.41) is 0. The summed E-state index contributed by atoms with van der Waals surface area (Å²) in [6.45, 7) is 4.40. The molecular weight excluding hydrogens is 264 g/mol.